The molecule has 0 aliphatic rings. The first-order chi connectivity index (χ1) is 6.86. The van der Waals surface area contributed by atoms with Gasteiger partial charge < -0.3 is 0 Å². The van der Waals surface area contributed by atoms with E-state index in [-0.39, 0.29) is 0 Å². The molecule has 2 aromatic rings. The molecular formula is C10H7ClN2S. The Bertz CT molecular complexity index is 419. The van der Waals surface area contributed by atoms with Gasteiger partial charge in [-0.05, 0) is 36.0 Å². The largest absolute Gasteiger partial charge is 0.250 e. The summed E-state index contributed by atoms with van der Waals surface area (Å²) in [7, 11) is 0. The molecule has 0 aliphatic carbocycles. The smallest absolute Gasteiger partial charge is 0.121 e. The first-order valence-corrected chi connectivity index (χ1v) is 5.25. The first kappa shape index (κ1) is 9.49. The van der Waals surface area contributed by atoms with Gasteiger partial charge >= 0.3 is 0 Å². The molecule has 0 unspecified atom stereocenters. The van der Waals surface area contributed by atoms with Crippen LogP contribution in [0.25, 0.3) is 0 Å². The average Bonchev–Trinajstić information content (AvgIpc) is 2.23. The summed E-state index contributed by atoms with van der Waals surface area (Å²) in [6.45, 7) is 0. The molecule has 0 saturated carbocycles. The lowest BCUT2D eigenvalue weighted by Gasteiger charge is -2.00. The molecule has 2 rings (SSSR count). The Kier molecular flexibility index (Phi) is 3.01. The fourth-order valence-electron chi connectivity index (χ4n) is 0.953. The van der Waals surface area contributed by atoms with Gasteiger partial charge in [-0.3, -0.25) is 0 Å². The molecule has 0 atom stereocenters. The summed E-state index contributed by atoms with van der Waals surface area (Å²) >= 11 is 7.42. The maximum absolute atomic E-state index is 5.96. The van der Waals surface area contributed by atoms with Crippen LogP contribution in [0, 0.1) is 0 Å². The highest BCUT2D eigenvalue weighted by Crippen LogP contribution is 2.29. The Morgan fingerprint density at radius 3 is 2.57 bits per heavy atom. The minimum atomic E-state index is 0.656. The minimum Gasteiger partial charge on any atom is -0.250 e. The van der Waals surface area contributed by atoms with Gasteiger partial charge in [-0.15, -0.1) is 0 Å². The molecule has 2 heterocycles. The molecule has 0 spiro atoms. The van der Waals surface area contributed by atoms with Crippen LogP contribution in [0.1, 0.15) is 0 Å². The molecule has 0 N–H and O–H groups in total. The van der Waals surface area contributed by atoms with Crippen molar-refractivity contribution in [1.29, 1.82) is 0 Å². The SMILES string of the molecule is Clc1cccnc1Sc1ccccn1. The van der Waals surface area contributed by atoms with Gasteiger partial charge in [0.15, 0.2) is 0 Å². The summed E-state index contributed by atoms with van der Waals surface area (Å²) in [6, 6.07) is 9.37. The van der Waals surface area contributed by atoms with Crippen molar-refractivity contribution < 1.29 is 0 Å². The van der Waals surface area contributed by atoms with Crippen LogP contribution in [0.15, 0.2) is 52.8 Å². The van der Waals surface area contributed by atoms with Crippen molar-refractivity contribution in [3.63, 3.8) is 0 Å². The zero-order valence-electron chi connectivity index (χ0n) is 7.22. The second kappa shape index (κ2) is 4.44. The monoisotopic (exact) mass is 222 g/mol. The van der Waals surface area contributed by atoms with Gasteiger partial charge in [0.1, 0.15) is 10.1 Å². The van der Waals surface area contributed by atoms with E-state index in [4.69, 9.17) is 11.6 Å². The van der Waals surface area contributed by atoms with E-state index >= 15 is 0 Å². The summed E-state index contributed by atoms with van der Waals surface area (Å²) in [5.41, 5.74) is 0. The maximum atomic E-state index is 5.96. The van der Waals surface area contributed by atoms with Gasteiger partial charge in [-0.25, -0.2) is 9.97 Å². The van der Waals surface area contributed by atoms with Crippen LogP contribution in [0.4, 0.5) is 0 Å². The third kappa shape index (κ3) is 2.25. The first-order valence-electron chi connectivity index (χ1n) is 4.05. The van der Waals surface area contributed by atoms with Crippen molar-refractivity contribution in [3.8, 4) is 0 Å². The molecule has 0 aromatic carbocycles. The lowest BCUT2D eigenvalue weighted by atomic mass is 10.5. The highest BCUT2D eigenvalue weighted by molar-refractivity contribution is 7.99. The zero-order valence-corrected chi connectivity index (χ0v) is 8.79. The van der Waals surface area contributed by atoms with Crippen LogP contribution >= 0.6 is 23.4 Å². The van der Waals surface area contributed by atoms with E-state index in [0.717, 1.165) is 10.1 Å². The standard InChI is InChI=1S/C10H7ClN2S/c11-8-4-3-7-13-10(8)14-9-5-1-2-6-12-9/h1-7H. The van der Waals surface area contributed by atoms with E-state index < -0.39 is 0 Å². The van der Waals surface area contributed by atoms with Crippen molar-refractivity contribution >= 4 is 23.4 Å². The predicted molar refractivity (Wildman–Crippen MR) is 57.6 cm³/mol. The van der Waals surface area contributed by atoms with Gasteiger partial charge in [-0.1, -0.05) is 17.7 Å². The van der Waals surface area contributed by atoms with Crippen LogP contribution in [-0.2, 0) is 0 Å². The molecule has 2 aromatic heterocycles. The molecule has 0 fully saturated rings. The fourth-order valence-corrected chi connectivity index (χ4v) is 1.93. The van der Waals surface area contributed by atoms with Crippen LogP contribution in [0.3, 0.4) is 0 Å². The zero-order chi connectivity index (χ0) is 9.80. The van der Waals surface area contributed by atoms with Crippen molar-refractivity contribution in [2.75, 3.05) is 0 Å². The third-order valence-electron chi connectivity index (χ3n) is 1.56. The molecular weight excluding hydrogens is 216 g/mol. The molecule has 2 nitrogen and oxygen atoms in total. The van der Waals surface area contributed by atoms with E-state index in [2.05, 4.69) is 9.97 Å². The minimum absolute atomic E-state index is 0.656. The van der Waals surface area contributed by atoms with E-state index in [0.29, 0.717) is 5.02 Å². The molecule has 0 amide bonds. The summed E-state index contributed by atoms with van der Waals surface area (Å²) < 4.78 is 0. The number of hydrogen-bond donors (Lipinski definition) is 0. The van der Waals surface area contributed by atoms with E-state index in [1.165, 1.54) is 11.8 Å². The second-order valence-corrected chi connectivity index (χ2v) is 3.98. The molecule has 0 aliphatic heterocycles. The van der Waals surface area contributed by atoms with Crippen molar-refractivity contribution in [2.24, 2.45) is 0 Å². The van der Waals surface area contributed by atoms with E-state index in [9.17, 15) is 0 Å². The summed E-state index contributed by atoms with van der Waals surface area (Å²) in [5, 5.41) is 2.34. The highest BCUT2D eigenvalue weighted by atomic mass is 35.5. The summed E-state index contributed by atoms with van der Waals surface area (Å²) in [4.78, 5) is 8.34. The van der Waals surface area contributed by atoms with Gasteiger partial charge in [-0.2, -0.15) is 0 Å². The molecule has 14 heavy (non-hydrogen) atoms. The van der Waals surface area contributed by atoms with Gasteiger partial charge in [0.2, 0.25) is 0 Å². The number of rotatable bonds is 2. The molecule has 0 saturated heterocycles. The Morgan fingerprint density at radius 1 is 1.00 bits per heavy atom. The number of aromatic nitrogens is 2. The van der Waals surface area contributed by atoms with E-state index in [1.54, 1.807) is 12.4 Å². The Morgan fingerprint density at radius 2 is 1.86 bits per heavy atom. The van der Waals surface area contributed by atoms with Gasteiger partial charge in [0.25, 0.3) is 0 Å². The average molecular weight is 223 g/mol. The number of pyridine rings is 2. The summed E-state index contributed by atoms with van der Waals surface area (Å²) in [6.07, 6.45) is 3.47. The summed E-state index contributed by atoms with van der Waals surface area (Å²) in [5.74, 6) is 0. The second-order valence-electron chi connectivity index (χ2n) is 2.56. The van der Waals surface area contributed by atoms with Crippen molar-refractivity contribution in [3.05, 3.63) is 47.7 Å². The van der Waals surface area contributed by atoms with Crippen molar-refractivity contribution in [2.45, 2.75) is 10.1 Å². The lowest BCUT2D eigenvalue weighted by Crippen LogP contribution is -1.82. The third-order valence-corrected chi connectivity index (χ3v) is 2.95. The predicted octanol–water partition coefficient (Wildman–Crippen LogP) is 3.28. The Hall–Kier alpha value is -1.06. The number of halogens is 1. The highest BCUT2D eigenvalue weighted by Gasteiger charge is 2.02. The number of nitrogens with zero attached hydrogens (tertiary/aromatic N) is 2. The molecule has 4 heteroatoms. The van der Waals surface area contributed by atoms with Crippen LogP contribution in [0.2, 0.25) is 5.02 Å². The topological polar surface area (TPSA) is 25.8 Å². The van der Waals surface area contributed by atoms with Crippen LogP contribution in [-0.4, -0.2) is 9.97 Å². The quantitative estimate of drug-likeness (QED) is 0.780. The maximum Gasteiger partial charge on any atom is 0.121 e. The number of hydrogen-bond acceptors (Lipinski definition) is 3. The van der Waals surface area contributed by atoms with Crippen molar-refractivity contribution in [1.82, 2.24) is 9.97 Å². The Labute approximate surface area is 91.4 Å². The van der Waals surface area contributed by atoms with Crippen LogP contribution in [0.5, 0.6) is 0 Å². The molecule has 70 valence electrons. The van der Waals surface area contributed by atoms with Gasteiger partial charge in [0, 0.05) is 12.4 Å². The normalized spacial score (nSPS) is 10.1. The molecule has 0 bridgehead atoms. The van der Waals surface area contributed by atoms with Gasteiger partial charge in [0.05, 0.1) is 5.02 Å². The fraction of sp³-hybridized carbons (Fsp3) is 0. The Balaban J connectivity index is 2.24. The van der Waals surface area contributed by atoms with E-state index in [1.807, 2.05) is 30.3 Å². The lowest BCUT2D eigenvalue weighted by molar-refractivity contribution is 1.09. The molecule has 0 radical (unpaired) electrons. The van der Waals surface area contributed by atoms with Crippen LogP contribution < -0.4 is 0 Å².